The highest BCUT2D eigenvalue weighted by atomic mass is 32.2. The first-order valence-electron chi connectivity index (χ1n) is 12.7. The molecule has 2 N–H and O–H groups in total. The fourth-order valence-electron chi connectivity index (χ4n) is 5.30. The van der Waals surface area contributed by atoms with Crippen molar-refractivity contribution in [3.63, 3.8) is 0 Å². The predicted molar refractivity (Wildman–Crippen MR) is 129 cm³/mol. The lowest BCUT2D eigenvalue weighted by Gasteiger charge is -2.30. The summed E-state index contributed by atoms with van der Waals surface area (Å²) in [5.74, 6) is -0.397. The SMILES string of the molecule is CCC1CSC(=NNC(=O)C(=O)C(NC(=O)C2CCCCCC2)C2CCCCC2)N1CC. The number of carbonyl (C=O) groups excluding carboxylic acids is 3. The Labute approximate surface area is 196 Å². The molecule has 0 bridgehead atoms. The number of nitrogens with one attached hydrogen (secondary N) is 2. The van der Waals surface area contributed by atoms with Crippen LogP contribution in [0.5, 0.6) is 0 Å². The van der Waals surface area contributed by atoms with Gasteiger partial charge in [0.2, 0.25) is 11.7 Å². The standard InChI is InChI=1S/C24H40N4O3S/c1-3-19-16-32-24(28(19)4-2)27-26-23(31)21(29)20(17-12-10-7-11-13-17)25-22(30)18-14-8-5-6-9-15-18/h17-20H,3-16H2,1-2H3,(H,25,30)(H,26,31). The van der Waals surface area contributed by atoms with Crippen molar-refractivity contribution in [1.82, 2.24) is 15.6 Å². The van der Waals surface area contributed by atoms with E-state index in [9.17, 15) is 14.4 Å². The zero-order valence-electron chi connectivity index (χ0n) is 19.7. The van der Waals surface area contributed by atoms with Crippen LogP contribution in [0, 0.1) is 11.8 Å². The molecule has 0 aromatic carbocycles. The Morgan fingerprint density at radius 3 is 2.25 bits per heavy atom. The number of hydrogen-bond acceptors (Lipinski definition) is 5. The van der Waals surface area contributed by atoms with Gasteiger partial charge in [-0.15, -0.1) is 5.10 Å². The van der Waals surface area contributed by atoms with E-state index in [1.54, 1.807) is 11.8 Å². The van der Waals surface area contributed by atoms with Gasteiger partial charge in [-0.05, 0) is 44.9 Å². The first-order valence-corrected chi connectivity index (χ1v) is 13.6. The summed E-state index contributed by atoms with van der Waals surface area (Å²) in [6.07, 6.45) is 12.2. The van der Waals surface area contributed by atoms with Gasteiger partial charge in [0.05, 0.1) is 0 Å². The molecule has 1 saturated heterocycles. The third-order valence-corrected chi connectivity index (χ3v) is 8.44. The number of Topliss-reactive ketones (excluding diaryl/α,β-unsaturated/α-hetero) is 1. The molecule has 0 aromatic heterocycles. The topological polar surface area (TPSA) is 90.9 Å². The van der Waals surface area contributed by atoms with Crippen LogP contribution in [0.4, 0.5) is 0 Å². The molecule has 2 aliphatic carbocycles. The van der Waals surface area contributed by atoms with Crippen LogP contribution < -0.4 is 10.7 Å². The predicted octanol–water partition coefficient (Wildman–Crippen LogP) is 3.83. The van der Waals surface area contributed by atoms with Crippen LogP contribution in [0.15, 0.2) is 5.10 Å². The van der Waals surface area contributed by atoms with Crippen molar-refractivity contribution in [3.05, 3.63) is 0 Å². The summed E-state index contributed by atoms with van der Waals surface area (Å²) in [6, 6.07) is -0.335. The van der Waals surface area contributed by atoms with Crippen molar-refractivity contribution in [2.24, 2.45) is 16.9 Å². The number of hydrogen-bond donors (Lipinski definition) is 2. The lowest BCUT2D eigenvalue weighted by Crippen LogP contribution is -2.52. The van der Waals surface area contributed by atoms with E-state index in [0.717, 1.165) is 81.7 Å². The third-order valence-electron chi connectivity index (χ3n) is 7.31. The molecule has 1 heterocycles. The summed E-state index contributed by atoms with van der Waals surface area (Å²) >= 11 is 1.61. The Bertz CT molecular complexity index is 685. The highest BCUT2D eigenvalue weighted by molar-refractivity contribution is 8.14. The number of rotatable bonds is 8. The average Bonchev–Trinajstić information content (AvgIpc) is 3.02. The van der Waals surface area contributed by atoms with Crippen LogP contribution in [0.1, 0.15) is 90.9 Å². The van der Waals surface area contributed by atoms with Gasteiger partial charge in [0.25, 0.3) is 0 Å². The largest absolute Gasteiger partial charge is 0.346 e. The lowest BCUT2D eigenvalue weighted by molar-refractivity contribution is -0.141. The fourth-order valence-corrected chi connectivity index (χ4v) is 6.61. The quantitative estimate of drug-likeness (QED) is 0.324. The van der Waals surface area contributed by atoms with E-state index in [2.05, 4.69) is 34.6 Å². The van der Waals surface area contributed by atoms with Gasteiger partial charge in [0, 0.05) is 24.3 Å². The molecular weight excluding hydrogens is 424 g/mol. The smallest absolute Gasteiger partial charge is 0.309 e. The molecule has 3 aliphatic rings. The minimum Gasteiger partial charge on any atom is -0.346 e. The van der Waals surface area contributed by atoms with E-state index in [-0.39, 0.29) is 17.7 Å². The zero-order valence-corrected chi connectivity index (χ0v) is 20.6. The number of amidine groups is 1. The van der Waals surface area contributed by atoms with Crippen molar-refractivity contribution >= 4 is 34.5 Å². The number of nitrogens with zero attached hydrogens (tertiary/aromatic N) is 2. The first-order chi connectivity index (χ1) is 15.5. The molecule has 0 radical (unpaired) electrons. The van der Waals surface area contributed by atoms with E-state index in [1.807, 2.05) is 0 Å². The molecule has 3 rings (SSSR count). The van der Waals surface area contributed by atoms with Gasteiger partial charge in [-0.25, -0.2) is 5.43 Å². The number of hydrazone groups is 1. The number of amides is 2. The second-order valence-corrected chi connectivity index (χ2v) is 10.4. The van der Waals surface area contributed by atoms with Gasteiger partial charge < -0.3 is 10.2 Å². The van der Waals surface area contributed by atoms with Gasteiger partial charge >= 0.3 is 5.91 Å². The summed E-state index contributed by atoms with van der Waals surface area (Å²) in [4.78, 5) is 41.2. The van der Waals surface area contributed by atoms with Crippen molar-refractivity contribution in [3.8, 4) is 0 Å². The van der Waals surface area contributed by atoms with E-state index in [0.29, 0.717) is 6.04 Å². The maximum absolute atomic E-state index is 13.2. The average molecular weight is 465 g/mol. The van der Waals surface area contributed by atoms with E-state index >= 15 is 0 Å². The Kier molecular flexibility index (Phi) is 9.88. The minimum absolute atomic E-state index is 0.0295. The van der Waals surface area contributed by atoms with E-state index < -0.39 is 17.7 Å². The first kappa shape index (κ1) is 25.1. The molecule has 0 aromatic rings. The second-order valence-electron chi connectivity index (χ2n) is 9.43. The fraction of sp³-hybridized carbons (Fsp3) is 0.833. The summed E-state index contributed by atoms with van der Waals surface area (Å²) in [7, 11) is 0. The third kappa shape index (κ3) is 6.49. The Hall–Kier alpha value is -1.57. The van der Waals surface area contributed by atoms with Crippen LogP contribution >= 0.6 is 11.8 Å². The zero-order chi connectivity index (χ0) is 22.9. The molecule has 32 heavy (non-hydrogen) atoms. The molecular formula is C24H40N4O3S. The highest BCUT2D eigenvalue weighted by Crippen LogP contribution is 2.29. The summed E-state index contributed by atoms with van der Waals surface area (Å²) in [6.45, 7) is 5.03. The number of carbonyl (C=O) groups is 3. The Morgan fingerprint density at radius 2 is 1.62 bits per heavy atom. The van der Waals surface area contributed by atoms with Gasteiger partial charge in [0.15, 0.2) is 5.17 Å². The molecule has 2 atom stereocenters. The minimum atomic E-state index is -0.742. The van der Waals surface area contributed by atoms with Crippen LogP contribution in [0.3, 0.4) is 0 Å². The molecule has 0 spiro atoms. The van der Waals surface area contributed by atoms with Crippen molar-refractivity contribution in [2.75, 3.05) is 12.3 Å². The normalized spacial score (nSPS) is 25.4. The van der Waals surface area contributed by atoms with Crippen LogP contribution in [0.25, 0.3) is 0 Å². The molecule has 180 valence electrons. The molecule has 3 fully saturated rings. The van der Waals surface area contributed by atoms with Crippen molar-refractivity contribution < 1.29 is 14.4 Å². The monoisotopic (exact) mass is 464 g/mol. The lowest BCUT2D eigenvalue weighted by atomic mass is 9.81. The van der Waals surface area contributed by atoms with E-state index in [4.69, 9.17) is 0 Å². The van der Waals surface area contributed by atoms with Gasteiger partial charge in [-0.3, -0.25) is 14.4 Å². The summed E-state index contributed by atoms with van der Waals surface area (Å²) in [5, 5.41) is 8.05. The summed E-state index contributed by atoms with van der Waals surface area (Å²) in [5.41, 5.74) is 2.50. The highest BCUT2D eigenvalue weighted by Gasteiger charge is 2.36. The second kappa shape index (κ2) is 12.6. The summed E-state index contributed by atoms with van der Waals surface area (Å²) < 4.78 is 0. The van der Waals surface area contributed by atoms with Crippen LogP contribution in [-0.4, -0.2) is 52.0 Å². The molecule has 2 unspecified atom stereocenters. The number of ketones is 1. The van der Waals surface area contributed by atoms with Crippen molar-refractivity contribution in [1.29, 1.82) is 0 Å². The molecule has 7 nitrogen and oxygen atoms in total. The van der Waals surface area contributed by atoms with Crippen LogP contribution in [0.2, 0.25) is 0 Å². The molecule has 8 heteroatoms. The van der Waals surface area contributed by atoms with Gasteiger partial charge in [-0.1, -0.05) is 63.6 Å². The van der Waals surface area contributed by atoms with Gasteiger partial charge in [0.1, 0.15) is 6.04 Å². The van der Waals surface area contributed by atoms with Gasteiger partial charge in [-0.2, -0.15) is 0 Å². The maximum atomic E-state index is 13.2. The molecule has 2 saturated carbocycles. The maximum Gasteiger partial charge on any atom is 0.309 e. The van der Waals surface area contributed by atoms with E-state index in [1.165, 1.54) is 12.8 Å². The Morgan fingerprint density at radius 1 is 1.00 bits per heavy atom. The van der Waals surface area contributed by atoms with Crippen LogP contribution in [-0.2, 0) is 14.4 Å². The molecule has 1 aliphatic heterocycles. The number of thioether (sulfide) groups is 1. The Balaban J connectivity index is 1.66. The van der Waals surface area contributed by atoms with Crippen molar-refractivity contribution in [2.45, 2.75) is 103 Å². The molecule has 2 amide bonds.